The molecule has 3 aromatic rings. The van der Waals surface area contributed by atoms with E-state index in [0.29, 0.717) is 18.6 Å². The zero-order valence-corrected chi connectivity index (χ0v) is 28.1. The molecule has 3 atom stereocenters. The van der Waals surface area contributed by atoms with Gasteiger partial charge in [-0.3, -0.25) is 19.5 Å². The van der Waals surface area contributed by atoms with Crippen LogP contribution in [0.25, 0.3) is 11.2 Å². The van der Waals surface area contributed by atoms with Crippen LogP contribution in [0.1, 0.15) is 73.6 Å². The quantitative estimate of drug-likeness (QED) is 0.185. The molecule has 0 amide bonds. The lowest BCUT2D eigenvalue weighted by molar-refractivity contribution is -0.385. The molecule has 0 bridgehead atoms. The highest BCUT2D eigenvalue weighted by Crippen LogP contribution is 2.48. The second kappa shape index (κ2) is 11.9. The molecular formula is C28H42N6O7Si2. The lowest BCUT2D eigenvalue weighted by Gasteiger charge is -2.51. The lowest BCUT2D eigenvalue weighted by atomic mass is 10.2. The molecule has 0 spiro atoms. The van der Waals surface area contributed by atoms with E-state index in [9.17, 15) is 14.9 Å². The van der Waals surface area contributed by atoms with Gasteiger partial charge in [0.25, 0.3) is 11.2 Å². The van der Waals surface area contributed by atoms with E-state index in [-0.39, 0.29) is 57.8 Å². The molecular weight excluding hydrogens is 589 g/mol. The maximum atomic E-state index is 13.3. The molecule has 1 aromatic carbocycles. The topological polar surface area (TPSA) is 146 Å². The van der Waals surface area contributed by atoms with Crippen molar-refractivity contribution in [3.63, 3.8) is 0 Å². The number of ether oxygens (including phenoxy) is 1. The number of aromatic nitrogens is 5. The molecule has 15 heteroatoms. The molecule has 0 N–H and O–H groups in total. The SMILES string of the molecule is CC(C)[Si]1(C(C)C)OC[C@H]2O[C@@H](n3cnc4c(=O)n(Cc5ccccc5[N+](=O)[O-])nnc43)C[C@@H]2O[Si](C(C)C)(C(C)C)O1. The number of imidazole rings is 1. The van der Waals surface area contributed by atoms with Crippen molar-refractivity contribution in [3.05, 3.63) is 56.6 Å². The van der Waals surface area contributed by atoms with Gasteiger partial charge in [-0.25, -0.2) is 9.67 Å². The van der Waals surface area contributed by atoms with Crippen LogP contribution in [0.15, 0.2) is 35.4 Å². The number of nitro groups is 1. The second-order valence-corrected chi connectivity index (χ2v) is 21.6. The van der Waals surface area contributed by atoms with E-state index in [0.717, 1.165) is 4.68 Å². The molecule has 4 heterocycles. The summed E-state index contributed by atoms with van der Waals surface area (Å²) in [6, 6.07) is 6.24. The van der Waals surface area contributed by atoms with Crippen molar-refractivity contribution in [2.24, 2.45) is 0 Å². The molecule has 2 saturated heterocycles. The summed E-state index contributed by atoms with van der Waals surface area (Å²) in [6.07, 6.45) is 0.954. The Morgan fingerprint density at radius 1 is 1.00 bits per heavy atom. The summed E-state index contributed by atoms with van der Waals surface area (Å²) in [7, 11) is -5.50. The monoisotopic (exact) mass is 630 g/mol. The van der Waals surface area contributed by atoms with E-state index in [1.54, 1.807) is 22.8 Å². The van der Waals surface area contributed by atoms with Crippen LogP contribution < -0.4 is 5.56 Å². The maximum Gasteiger partial charge on any atom is 0.335 e. The first-order valence-corrected chi connectivity index (χ1v) is 18.9. The van der Waals surface area contributed by atoms with Crippen LogP contribution in [-0.4, -0.2) is 65.4 Å². The third-order valence-corrected chi connectivity index (χ3v) is 19.1. The van der Waals surface area contributed by atoms with Crippen molar-refractivity contribution in [3.8, 4) is 0 Å². The predicted molar refractivity (Wildman–Crippen MR) is 164 cm³/mol. The van der Waals surface area contributed by atoms with Crippen LogP contribution in [0.5, 0.6) is 0 Å². The molecule has 2 aromatic heterocycles. The van der Waals surface area contributed by atoms with E-state index >= 15 is 0 Å². The number of hydrogen-bond donors (Lipinski definition) is 0. The van der Waals surface area contributed by atoms with E-state index in [1.165, 1.54) is 12.4 Å². The first-order valence-electron chi connectivity index (χ1n) is 15.0. The molecule has 5 rings (SSSR count). The number of rotatable bonds is 8. The Labute approximate surface area is 253 Å². The van der Waals surface area contributed by atoms with Gasteiger partial charge in [-0.1, -0.05) is 78.8 Å². The molecule has 2 aliphatic heterocycles. The molecule has 13 nitrogen and oxygen atoms in total. The number of benzene rings is 1. The van der Waals surface area contributed by atoms with Crippen molar-refractivity contribution in [1.29, 1.82) is 0 Å². The van der Waals surface area contributed by atoms with Crippen molar-refractivity contribution >= 4 is 34.0 Å². The Morgan fingerprint density at radius 2 is 1.65 bits per heavy atom. The normalized spacial score (nSPS) is 23.7. The number of para-hydroxylation sites is 1. The van der Waals surface area contributed by atoms with Crippen molar-refractivity contribution in [2.75, 3.05) is 6.61 Å². The fourth-order valence-electron chi connectivity index (χ4n) is 6.47. The van der Waals surface area contributed by atoms with Crippen LogP contribution in [-0.2, 0) is 24.2 Å². The standard InChI is InChI=1S/C28H42N6O7Si2/c1-17(2)42(18(3)4)38-15-24-23(40-43(41-42,19(5)6)20(7)8)13-25(39-24)32-16-29-26-27(32)30-31-33(28(26)35)14-21-11-9-10-12-22(21)34(36)37/h9-12,16-20,23-25H,13-15H2,1-8H3/t23-,24+,25+/m0/s1. The Morgan fingerprint density at radius 3 is 2.28 bits per heavy atom. The van der Waals surface area contributed by atoms with E-state index in [1.807, 2.05) is 0 Å². The van der Waals surface area contributed by atoms with Crippen molar-refractivity contribution in [1.82, 2.24) is 24.5 Å². The first-order chi connectivity index (χ1) is 20.3. The molecule has 0 unspecified atom stereocenters. The van der Waals surface area contributed by atoms with Gasteiger partial charge >= 0.3 is 17.1 Å². The zero-order chi connectivity index (χ0) is 31.3. The zero-order valence-electron chi connectivity index (χ0n) is 26.1. The Hall–Kier alpha value is -2.83. The first kappa shape index (κ1) is 31.6. The Bertz CT molecular complexity index is 1530. The van der Waals surface area contributed by atoms with Gasteiger partial charge in [-0.15, -0.1) is 5.10 Å². The minimum Gasteiger partial charge on any atom is -0.414 e. The minimum atomic E-state index is -2.80. The summed E-state index contributed by atoms with van der Waals surface area (Å²) in [5.41, 5.74) is 0.992. The van der Waals surface area contributed by atoms with Crippen molar-refractivity contribution < 1.29 is 22.6 Å². The van der Waals surface area contributed by atoms with Crippen LogP contribution in [0, 0.1) is 10.1 Å². The third-order valence-electron chi connectivity index (χ3n) is 8.80. The summed E-state index contributed by atoms with van der Waals surface area (Å²) in [5.74, 6) is 0. The summed E-state index contributed by atoms with van der Waals surface area (Å²) in [5, 5.41) is 19.9. The third kappa shape index (κ3) is 5.50. The van der Waals surface area contributed by atoms with Gasteiger partial charge in [0.05, 0.1) is 36.1 Å². The van der Waals surface area contributed by atoms with E-state index in [4.69, 9.17) is 17.7 Å². The second-order valence-electron chi connectivity index (χ2n) is 12.8. The summed E-state index contributed by atoms with van der Waals surface area (Å²) in [6.45, 7) is 17.7. The predicted octanol–water partition coefficient (Wildman–Crippen LogP) is 5.19. The number of nitrogens with zero attached hydrogens (tertiary/aromatic N) is 6. The summed E-state index contributed by atoms with van der Waals surface area (Å²) >= 11 is 0. The largest absolute Gasteiger partial charge is 0.414 e. The molecule has 0 radical (unpaired) electrons. The lowest BCUT2D eigenvalue weighted by Crippen LogP contribution is -2.65. The van der Waals surface area contributed by atoms with Crippen LogP contribution in [0.2, 0.25) is 22.2 Å². The van der Waals surface area contributed by atoms with Gasteiger partial charge in [0.2, 0.25) is 0 Å². The van der Waals surface area contributed by atoms with Gasteiger partial charge in [0.15, 0.2) is 11.2 Å². The average Bonchev–Trinajstić information content (AvgIpc) is 3.54. The summed E-state index contributed by atoms with van der Waals surface area (Å²) in [4.78, 5) is 28.7. The summed E-state index contributed by atoms with van der Waals surface area (Å²) < 4.78 is 30.6. The molecule has 234 valence electrons. The molecule has 0 aliphatic carbocycles. The average molecular weight is 631 g/mol. The number of hydrogen-bond acceptors (Lipinski definition) is 10. The highest BCUT2D eigenvalue weighted by molar-refractivity contribution is 6.83. The smallest absolute Gasteiger partial charge is 0.335 e. The van der Waals surface area contributed by atoms with Gasteiger partial charge in [-0.05, 0) is 22.2 Å². The van der Waals surface area contributed by atoms with E-state index < -0.39 is 33.8 Å². The molecule has 0 saturated carbocycles. The van der Waals surface area contributed by atoms with Gasteiger partial charge in [-0.2, -0.15) is 0 Å². The number of fused-ring (bicyclic) bond motifs is 2. The maximum absolute atomic E-state index is 13.3. The Balaban J connectivity index is 1.47. The van der Waals surface area contributed by atoms with Gasteiger partial charge < -0.3 is 17.7 Å². The van der Waals surface area contributed by atoms with Crippen LogP contribution in [0.3, 0.4) is 0 Å². The molecule has 43 heavy (non-hydrogen) atoms. The fourth-order valence-corrected chi connectivity index (χ4v) is 17.7. The highest BCUT2D eigenvalue weighted by Gasteiger charge is 2.60. The highest BCUT2D eigenvalue weighted by atomic mass is 28.5. The molecule has 2 fully saturated rings. The van der Waals surface area contributed by atoms with Crippen molar-refractivity contribution in [2.45, 2.75) is 109 Å². The molecule has 2 aliphatic rings. The van der Waals surface area contributed by atoms with Gasteiger partial charge in [0, 0.05) is 12.5 Å². The van der Waals surface area contributed by atoms with Crippen LogP contribution in [0.4, 0.5) is 5.69 Å². The van der Waals surface area contributed by atoms with Crippen LogP contribution >= 0.6 is 0 Å². The van der Waals surface area contributed by atoms with E-state index in [2.05, 4.69) is 70.7 Å². The minimum absolute atomic E-state index is 0.0914. The van der Waals surface area contributed by atoms with Gasteiger partial charge in [0.1, 0.15) is 12.3 Å². The Kier molecular flexibility index (Phi) is 8.77. The number of nitro benzene ring substituents is 1. The fraction of sp³-hybridized carbons (Fsp3) is 0.643.